The largest absolute Gasteiger partial charge is 0.478 e. The first-order valence-electron chi connectivity index (χ1n) is 6.85. The Labute approximate surface area is 133 Å². The van der Waals surface area contributed by atoms with Crippen LogP contribution in [0.3, 0.4) is 0 Å². The zero-order chi connectivity index (χ0) is 15.7. The number of carboxylic acid groups (broad SMARTS) is 1. The topological polar surface area (TPSA) is 42.2 Å². The summed E-state index contributed by atoms with van der Waals surface area (Å²) in [6.07, 6.45) is 0. The van der Waals surface area contributed by atoms with Crippen LogP contribution in [0.4, 0.5) is 0 Å². The van der Waals surface area contributed by atoms with E-state index in [0.29, 0.717) is 16.3 Å². The van der Waals surface area contributed by atoms with E-state index in [1.807, 2.05) is 53.1 Å². The third-order valence-corrected chi connectivity index (χ3v) is 3.85. The summed E-state index contributed by atoms with van der Waals surface area (Å²) in [5.41, 5.74) is 3.60. The van der Waals surface area contributed by atoms with Crippen LogP contribution in [0, 0.1) is 6.92 Å². The molecule has 22 heavy (non-hydrogen) atoms. The van der Waals surface area contributed by atoms with Crippen molar-refractivity contribution >= 4 is 17.6 Å². The van der Waals surface area contributed by atoms with E-state index in [-0.39, 0.29) is 0 Å². The Balaban J connectivity index is 2.30. The van der Waals surface area contributed by atoms with E-state index in [1.165, 1.54) is 0 Å². The lowest BCUT2D eigenvalue weighted by atomic mass is 10.1. The maximum absolute atomic E-state index is 11.5. The normalized spacial score (nSPS) is 10.6. The molecule has 0 spiro atoms. The first-order chi connectivity index (χ1) is 10.6. The van der Waals surface area contributed by atoms with Gasteiger partial charge in [-0.15, -0.1) is 0 Å². The molecule has 1 aromatic heterocycles. The number of hydrogen-bond donors (Lipinski definition) is 1. The molecule has 0 aliphatic heterocycles. The van der Waals surface area contributed by atoms with E-state index < -0.39 is 5.97 Å². The van der Waals surface area contributed by atoms with Gasteiger partial charge in [-0.3, -0.25) is 0 Å². The smallest absolute Gasteiger partial charge is 0.337 e. The third-order valence-electron chi connectivity index (χ3n) is 3.61. The molecule has 4 heteroatoms. The molecule has 2 aromatic carbocycles. The van der Waals surface area contributed by atoms with E-state index in [9.17, 15) is 9.90 Å². The second kappa shape index (κ2) is 5.70. The van der Waals surface area contributed by atoms with E-state index in [1.54, 1.807) is 19.1 Å². The summed E-state index contributed by atoms with van der Waals surface area (Å²) in [6.45, 7) is 1.80. The average molecular weight is 312 g/mol. The summed E-state index contributed by atoms with van der Waals surface area (Å²) in [6, 6.07) is 18.8. The van der Waals surface area contributed by atoms with Crippen LogP contribution in [0.5, 0.6) is 0 Å². The van der Waals surface area contributed by atoms with Crippen molar-refractivity contribution in [2.24, 2.45) is 0 Å². The molecule has 0 aliphatic carbocycles. The number of rotatable bonds is 3. The highest BCUT2D eigenvalue weighted by Gasteiger charge is 2.18. The minimum absolute atomic E-state index is 0.291. The molecule has 0 aliphatic rings. The van der Waals surface area contributed by atoms with Gasteiger partial charge in [0.1, 0.15) is 0 Å². The van der Waals surface area contributed by atoms with Crippen LogP contribution in [-0.4, -0.2) is 15.6 Å². The predicted octanol–water partition coefficient (Wildman–Crippen LogP) is 4.80. The fourth-order valence-corrected chi connectivity index (χ4v) is 2.78. The number of carboxylic acids is 1. The summed E-state index contributed by atoms with van der Waals surface area (Å²) in [4.78, 5) is 11.5. The maximum atomic E-state index is 11.5. The monoisotopic (exact) mass is 311 g/mol. The summed E-state index contributed by atoms with van der Waals surface area (Å²) in [5, 5.41) is 10.0. The molecular formula is C18H14ClNO2. The Morgan fingerprint density at radius 3 is 2.41 bits per heavy atom. The number of hydrogen-bond acceptors (Lipinski definition) is 1. The molecule has 110 valence electrons. The van der Waals surface area contributed by atoms with Crippen molar-refractivity contribution in [1.29, 1.82) is 0 Å². The molecule has 3 aromatic rings. The Morgan fingerprint density at radius 2 is 1.77 bits per heavy atom. The van der Waals surface area contributed by atoms with Gasteiger partial charge in [0.25, 0.3) is 0 Å². The van der Waals surface area contributed by atoms with Crippen LogP contribution >= 0.6 is 11.6 Å². The summed E-state index contributed by atoms with van der Waals surface area (Å²) >= 11 is 6.09. The molecule has 1 N–H and O–H groups in total. The van der Waals surface area contributed by atoms with Crippen LogP contribution in [0.2, 0.25) is 5.02 Å². The second-order valence-electron chi connectivity index (χ2n) is 5.02. The van der Waals surface area contributed by atoms with Crippen LogP contribution in [-0.2, 0) is 0 Å². The highest BCUT2D eigenvalue weighted by Crippen LogP contribution is 2.30. The van der Waals surface area contributed by atoms with Gasteiger partial charge >= 0.3 is 5.97 Å². The van der Waals surface area contributed by atoms with Crippen molar-refractivity contribution in [3.05, 3.63) is 76.9 Å². The van der Waals surface area contributed by atoms with Gasteiger partial charge in [-0.1, -0.05) is 48.0 Å². The molecule has 3 nitrogen and oxygen atoms in total. The van der Waals surface area contributed by atoms with Crippen molar-refractivity contribution in [3.8, 4) is 16.9 Å². The van der Waals surface area contributed by atoms with Crippen molar-refractivity contribution in [2.45, 2.75) is 6.92 Å². The number of aromatic carboxylic acids is 1. The van der Waals surface area contributed by atoms with Crippen molar-refractivity contribution < 1.29 is 9.90 Å². The summed E-state index contributed by atoms with van der Waals surface area (Å²) in [7, 11) is 0. The highest BCUT2D eigenvalue weighted by molar-refractivity contribution is 6.30. The van der Waals surface area contributed by atoms with E-state index >= 15 is 0 Å². The minimum Gasteiger partial charge on any atom is -0.478 e. The van der Waals surface area contributed by atoms with Crippen molar-refractivity contribution in [1.82, 2.24) is 4.57 Å². The SMILES string of the molecule is Cc1c(C(=O)O)cc(-c2ccccc2)n1-c1cccc(Cl)c1. The number of halogens is 1. The first kappa shape index (κ1) is 14.4. The number of nitrogens with zero attached hydrogens (tertiary/aromatic N) is 1. The van der Waals surface area contributed by atoms with Gasteiger partial charge in [0.2, 0.25) is 0 Å². The first-order valence-corrected chi connectivity index (χ1v) is 7.22. The van der Waals surface area contributed by atoms with Gasteiger partial charge in [0, 0.05) is 16.4 Å². The lowest BCUT2D eigenvalue weighted by molar-refractivity contribution is 0.0696. The third kappa shape index (κ3) is 2.51. The zero-order valence-corrected chi connectivity index (χ0v) is 12.7. The molecule has 0 atom stereocenters. The van der Waals surface area contributed by atoms with Gasteiger partial charge in [0.15, 0.2) is 0 Å². The summed E-state index contributed by atoms with van der Waals surface area (Å²) in [5.74, 6) is -0.935. The van der Waals surface area contributed by atoms with E-state index in [4.69, 9.17) is 11.6 Å². The fraction of sp³-hybridized carbons (Fsp3) is 0.0556. The van der Waals surface area contributed by atoms with Crippen LogP contribution in [0.1, 0.15) is 16.1 Å². The molecule has 0 bridgehead atoms. The molecule has 0 radical (unpaired) electrons. The molecule has 0 saturated heterocycles. The van der Waals surface area contributed by atoms with Crippen LogP contribution in [0.25, 0.3) is 16.9 Å². The zero-order valence-electron chi connectivity index (χ0n) is 12.0. The van der Waals surface area contributed by atoms with Crippen LogP contribution in [0.15, 0.2) is 60.7 Å². The number of benzene rings is 2. The molecular weight excluding hydrogens is 298 g/mol. The quantitative estimate of drug-likeness (QED) is 0.754. The maximum Gasteiger partial charge on any atom is 0.337 e. The number of aromatic nitrogens is 1. The Hall–Kier alpha value is -2.52. The van der Waals surface area contributed by atoms with Gasteiger partial charge in [-0.25, -0.2) is 4.79 Å². The highest BCUT2D eigenvalue weighted by atomic mass is 35.5. The molecule has 0 amide bonds. The number of carbonyl (C=O) groups is 1. The van der Waals surface area contributed by atoms with E-state index in [2.05, 4.69) is 0 Å². The Bertz CT molecular complexity index is 838. The van der Waals surface area contributed by atoms with Crippen molar-refractivity contribution in [2.75, 3.05) is 0 Å². The lowest BCUT2D eigenvalue weighted by Gasteiger charge is -2.12. The van der Waals surface area contributed by atoms with Gasteiger partial charge in [-0.2, -0.15) is 0 Å². The Morgan fingerprint density at radius 1 is 1.05 bits per heavy atom. The fourth-order valence-electron chi connectivity index (χ4n) is 2.59. The van der Waals surface area contributed by atoms with Crippen molar-refractivity contribution in [3.63, 3.8) is 0 Å². The second-order valence-corrected chi connectivity index (χ2v) is 5.45. The molecule has 0 unspecified atom stereocenters. The average Bonchev–Trinajstić information content (AvgIpc) is 2.86. The van der Waals surface area contributed by atoms with Gasteiger partial charge in [0.05, 0.1) is 11.3 Å². The van der Waals surface area contributed by atoms with Crippen LogP contribution < -0.4 is 0 Å². The standard InChI is InChI=1S/C18H14ClNO2/c1-12-16(18(21)22)11-17(13-6-3-2-4-7-13)20(12)15-9-5-8-14(19)10-15/h2-11H,1H3,(H,21,22). The lowest BCUT2D eigenvalue weighted by Crippen LogP contribution is -2.02. The van der Waals surface area contributed by atoms with Gasteiger partial charge < -0.3 is 9.67 Å². The molecule has 3 rings (SSSR count). The summed E-state index contributed by atoms with van der Waals surface area (Å²) < 4.78 is 1.92. The molecule has 0 fully saturated rings. The van der Waals surface area contributed by atoms with E-state index in [0.717, 1.165) is 16.9 Å². The minimum atomic E-state index is -0.935. The van der Waals surface area contributed by atoms with Gasteiger partial charge in [-0.05, 0) is 36.8 Å². The molecule has 1 heterocycles. The molecule has 0 saturated carbocycles. The predicted molar refractivity (Wildman–Crippen MR) is 87.9 cm³/mol. The Kier molecular flexibility index (Phi) is 3.73.